The first kappa shape index (κ1) is 17.8. The summed E-state index contributed by atoms with van der Waals surface area (Å²) in [6.45, 7) is 0. The summed E-state index contributed by atoms with van der Waals surface area (Å²) in [5.41, 5.74) is 1.58. The highest BCUT2D eigenvalue weighted by Crippen LogP contribution is 2.46. The van der Waals surface area contributed by atoms with Gasteiger partial charge < -0.3 is 15.6 Å². The Labute approximate surface area is 134 Å². The van der Waals surface area contributed by atoms with Crippen LogP contribution in [0.25, 0.3) is 0 Å². The molecule has 0 saturated heterocycles. The van der Waals surface area contributed by atoms with Crippen LogP contribution < -0.4 is 16.0 Å². The zero-order chi connectivity index (χ0) is 18.3. The molecule has 0 radical (unpaired) electrons. The number of phenols is 1. The zero-order valence-corrected chi connectivity index (χ0v) is 12.0. The predicted molar refractivity (Wildman–Crippen MR) is 72.4 cm³/mol. The lowest BCUT2D eigenvalue weighted by molar-refractivity contribution is -0.291. The van der Waals surface area contributed by atoms with Gasteiger partial charge in [0.1, 0.15) is 11.5 Å². The van der Waals surface area contributed by atoms with E-state index in [0.717, 1.165) is 18.2 Å². The standard InChI is InChI=1S/C12H7ClF5N3O3/c13-5-3-4(1-2-6(5)22)24-7-8(11(14,15)12(16,17)18)20-10(19)21-9(7)23/h1-3,22H,(H3,19,20,21,23). The van der Waals surface area contributed by atoms with Crippen molar-refractivity contribution in [2.75, 3.05) is 5.73 Å². The van der Waals surface area contributed by atoms with Crippen molar-refractivity contribution in [3.8, 4) is 17.2 Å². The average molecular weight is 372 g/mol. The third-order valence-corrected chi connectivity index (χ3v) is 2.99. The van der Waals surface area contributed by atoms with E-state index in [4.69, 9.17) is 22.1 Å². The molecule has 1 aromatic carbocycles. The smallest absolute Gasteiger partial charge is 0.459 e. The fourth-order valence-corrected chi connectivity index (χ4v) is 1.76. The Morgan fingerprint density at radius 2 is 1.88 bits per heavy atom. The van der Waals surface area contributed by atoms with Gasteiger partial charge in [-0.1, -0.05) is 11.6 Å². The summed E-state index contributed by atoms with van der Waals surface area (Å²) in [6.07, 6.45) is -6.04. The maximum Gasteiger partial charge on any atom is 0.459 e. The minimum atomic E-state index is -6.04. The van der Waals surface area contributed by atoms with E-state index in [9.17, 15) is 31.9 Å². The normalized spacial score (nSPS) is 12.2. The van der Waals surface area contributed by atoms with E-state index in [0.29, 0.717) is 0 Å². The summed E-state index contributed by atoms with van der Waals surface area (Å²) in [5.74, 6) is -8.63. The largest absolute Gasteiger partial charge is 0.506 e. The molecule has 6 nitrogen and oxygen atoms in total. The molecule has 0 saturated carbocycles. The molecule has 0 aliphatic rings. The van der Waals surface area contributed by atoms with Gasteiger partial charge in [0, 0.05) is 6.07 Å². The Bertz CT molecular complexity index is 838. The van der Waals surface area contributed by atoms with Crippen molar-refractivity contribution < 1.29 is 31.8 Å². The quantitative estimate of drug-likeness (QED) is 0.719. The molecule has 0 atom stereocenters. The van der Waals surface area contributed by atoms with Crippen molar-refractivity contribution in [2.24, 2.45) is 0 Å². The highest BCUT2D eigenvalue weighted by Gasteiger charge is 2.62. The van der Waals surface area contributed by atoms with Crippen LogP contribution >= 0.6 is 11.6 Å². The first-order valence-corrected chi connectivity index (χ1v) is 6.32. The maximum absolute atomic E-state index is 13.6. The van der Waals surface area contributed by atoms with E-state index in [1.165, 1.54) is 0 Å². The van der Waals surface area contributed by atoms with E-state index >= 15 is 0 Å². The lowest BCUT2D eigenvalue weighted by Crippen LogP contribution is -2.36. The average Bonchev–Trinajstić information content (AvgIpc) is 2.44. The molecule has 1 aromatic heterocycles. The second-order valence-corrected chi connectivity index (χ2v) is 4.82. The molecule has 24 heavy (non-hydrogen) atoms. The van der Waals surface area contributed by atoms with Gasteiger partial charge in [-0.3, -0.25) is 9.78 Å². The molecule has 2 rings (SSSR count). The number of aromatic hydroxyl groups is 1. The van der Waals surface area contributed by atoms with Gasteiger partial charge in [0.25, 0.3) is 5.56 Å². The summed E-state index contributed by atoms with van der Waals surface area (Å²) in [7, 11) is 0. The van der Waals surface area contributed by atoms with Gasteiger partial charge in [0.15, 0.2) is 5.69 Å². The first-order valence-electron chi connectivity index (χ1n) is 5.94. The number of nitrogens with one attached hydrogen (secondary N) is 1. The summed E-state index contributed by atoms with van der Waals surface area (Å²) < 4.78 is 69.6. The number of H-pyrrole nitrogens is 1. The number of phenolic OH excluding ortho intramolecular Hbond substituents is 1. The third-order valence-electron chi connectivity index (χ3n) is 2.69. The second-order valence-electron chi connectivity index (χ2n) is 4.42. The van der Waals surface area contributed by atoms with Gasteiger partial charge in [-0.15, -0.1) is 0 Å². The first-order chi connectivity index (χ1) is 10.9. The van der Waals surface area contributed by atoms with Crippen molar-refractivity contribution >= 4 is 17.5 Å². The molecular weight excluding hydrogens is 365 g/mol. The second kappa shape index (κ2) is 5.82. The topological polar surface area (TPSA) is 101 Å². The van der Waals surface area contributed by atoms with E-state index in [1.807, 2.05) is 0 Å². The van der Waals surface area contributed by atoms with Crippen molar-refractivity contribution in [2.45, 2.75) is 12.1 Å². The van der Waals surface area contributed by atoms with Gasteiger partial charge >= 0.3 is 12.1 Å². The highest BCUT2D eigenvalue weighted by molar-refractivity contribution is 6.32. The number of aromatic amines is 1. The van der Waals surface area contributed by atoms with Crippen molar-refractivity contribution in [3.63, 3.8) is 0 Å². The number of hydrogen-bond donors (Lipinski definition) is 3. The fourth-order valence-electron chi connectivity index (χ4n) is 1.59. The molecule has 130 valence electrons. The summed E-state index contributed by atoms with van der Waals surface area (Å²) >= 11 is 5.57. The summed E-state index contributed by atoms with van der Waals surface area (Å²) in [4.78, 5) is 16.3. The van der Waals surface area contributed by atoms with Crippen LogP contribution in [0.4, 0.5) is 27.9 Å². The van der Waals surface area contributed by atoms with Gasteiger partial charge in [0.05, 0.1) is 5.02 Å². The number of aromatic nitrogens is 2. The van der Waals surface area contributed by atoms with Crippen LogP contribution in [0.3, 0.4) is 0 Å². The Morgan fingerprint density at radius 3 is 2.42 bits per heavy atom. The number of anilines is 1. The van der Waals surface area contributed by atoms with Crippen LogP contribution in [0, 0.1) is 0 Å². The minimum absolute atomic E-state index is 0.281. The molecular formula is C12H7ClF5N3O3. The van der Waals surface area contributed by atoms with E-state index in [-0.39, 0.29) is 10.8 Å². The van der Waals surface area contributed by atoms with Crippen molar-refractivity contribution in [1.29, 1.82) is 0 Å². The predicted octanol–water partition coefficient (Wildman–Crippen LogP) is 3.16. The van der Waals surface area contributed by atoms with Crippen LogP contribution in [-0.4, -0.2) is 21.3 Å². The third kappa shape index (κ3) is 3.20. The SMILES string of the molecule is Nc1nc(C(F)(F)C(F)(F)F)c(Oc2ccc(O)c(Cl)c2)c(=O)[nH]1. The molecule has 0 spiro atoms. The van der Waals surface area contributed by atoms with Gasteiger partial charge in [-0.25, -0.2) is 4.98 Å². The van der Waals surface area contributed by atoms with E-state index in [1.54, 1.807) is 4.98 Å². The Kier molecular flexibility index (Phi) is 4.31. The lowest BCUT2D eigenvalue weighted by atomic mass is 10.2. The number of alkyl halides is 5. The van der Waals surface area contributed by atoms with Crippen LogP contribution in [0.5, 0.6) is 17.2 Å². The number of hydrogen-bond acceptors (Lipinski definition) is 5. The Balaban J connectivity index is 2.61. The monoisotopic (exact) mass is 371 g/mol. The van der Waals surface area contributed by atoms with Crippen LogP contribution in [0.1, 0.15) is 5.69 Å². The molecule has 0 aliphatic heterocycles. The molecule has 4 N–H and O–H groups in total. The molecule has 2 aromatic rings. The van der Waals surface area contributed by atoms with Crippen molar-refractivity contribution in [3.05, 3.63) is 39.3 Å². The fraction of sp³-hybridized carbons (Fsp3) is 0.167. The number of nitrogen functional groups attached to an aromatic ring is 1. The van der Waals surface area contributed by atoms with Gasteiger partial charge in [-0.05, 0) is 12.1 Å². The van der Waals surface area contributed by atoms with Crippen LogP contribution in [0.15, 0.2) is 23.0 Å². The molecule has 0 aliphatic carbocycles. The molecule has 0 unspecified atom stereocenters. The molecule has 0 bridgehead atoms. The van der Waals surface area contributed by atoms with Crippen LogP contribution in [-0.2, 0) is 5.92 Å². The minimum Gasteiger partial charge on any atom is -0.506 e. The Hall–Kier alpha value is -2.56. The molecule has 1 heterocycles. The van der Waals surface area contributed by atoms with E-state index in [2.05, 4.69) is 4.98 Å². The number of halogens is 6. The molecule has 12 heteroatoms. The number of benzene rings is 1. The van der Waals surface area contributed by atoms with Crippen LogP contribution in [0.2, 0.25) is 5.02 Å². The van der Waals surface area contributed by atoms with E-state index < -0.39 is 40.8 Å². The summed E-state index contributed by atoms with van der Waals surface area (Å²) in [6, 6.07) is 2.88. The highest BCUT2D eigenvalue weighted by atomic mass is 35.5. The number of nitrogens with zero attached hydrogens (tertiary/aromatic N) is 1. The maximum atomic E-state index is 13.6. The van der Waals surface area contributed by atoms with Crippen molar-refractivity contribution in [1.82, 2.24) is 9.97 Å². The Morgan fingerprint density at radius 1 is 1.25 bits per heavy atom. The molecule has 0 amide bonds. The zero-order valence-electron chi connectivity index (χ0n) is 11.3. The molecule has 0 fully saturated rings. The number of nitrogens with two attached hydrogens (primary N) is 1. The van der Waals surface area contributed by atoms with Gasteiger partial charge in [0.2, 0.25) is 11.7 Å². The number of ether oxygens (including phenoxy) is 1. The van der Waals surface area contributed by atoms with Gasteiger partial charge in [-0.2, -0.15) is 22.0 Å². The number of rotatable bonds is 3. The lowest BCUT2D eigenvalue weighted by Gasteiger charge is -2.21. The summed E-state index contributed by atoms with van der Waals surface area (Å²) in [5, 5.41) is 8.96.